The van der Waals surface area contributed by atoms with E-state index >= 15 is 0 Å². The minimum absolute atomic E-state index is 0.145. The van der Waals surface area contributed by atoms with Crippen LogP contribution in [0.4, 0.5) is 29.3 Å². The molecule has 35 heavy (non-hydrogen) atoms. The van der Waals surface area contributed by atoms with Gasteiger partial charge in [-0.2, -0.15) is 13.2 Å². The lowest BCUT2D eigenvalue weighted by Gasteiger charge is -2.22. The third-order valence-corrected chi connectivity index (χ3v) is 4.88. The van der Waals surface area contributed by atoms with Gasteiger partial charge < -0.3 is 20.5 Å². The van der Waals surface area contributed by atoms with E-state index in [-0.39, 0.29) is 29.3 Å². The number of nitrogens with zero attached hydrogens (tertiary/aromatic N) is 3. The van der Waals surface area contributed by atoms with E-state index in [0.29, 0.717) is 29.8 Å². The molecule has 0 aromatic carbocycles. The first-order valence-corrected chi connectivity index (χ1v) is 10.6. The predicted octanol–water partition coefficient (Wildman–Crippen LogP) is 4.35. The number of pyridine rings is 1. The number of alkyl halides is 3. The summed E-state index contributed by atoms with van der Waals surface area (Å²) >= 11 is 0. The third kappa shape index (κ3) is 6.21. The molecule has 2 heterocycles. The maximum absolute atomic E-state index is 13.4. The van der Waals surface area contributed by atoms with Gasteiger partial charge in [0.25, 0.3) is 0 Å². The van der Waals surface area contributed by atoms with E-state index in [1.165, 1.54) is 20.0 Å². The van der Waals surface area contributed by atoms with E-state index in [0.717, 1.165) is 6.20 Å². The number of aryl methyl sites for hydroxylation is 1. The quantitative estimate of drug-likeness (QED) is 0.549. The molecule has 12 heteroatoms. The number of aliphatic hydroxyl groups is 1. The van der Waals surface area contributed by atoms with Crippen LogP contribution in [0.3, 0.4) is 0 Å². The van der Waals surface area contributed by atoms with Crippen LogP contribution >= 0.6 is 0 Å². The summed E-state index contributed by atoms with van der Waals surface area (Å²) in [5.41, 5.74) is -2.57. The second-order valence-electron chi connectivity index (χ2n) is 8.18. The van der Waals surface area contributed by atoms with Crippen molar-refractivity contribution in [3.8, 4) is 0 Å². The van der Waals surface area contributed by atoms with Crippen LogP contribution in [0.5, 0.6) is 0 Å². The number of aromatic nitrogens is 3. The average molecular weight is 491 g/mol. The summed E-state index contributed by atoms with van der Waals surface area (Å²) in [6.45, 7) is 6.09. The van der Waals surface area contributed by atoms with Crippen LogP contribution in [0.15, 0.2) is 36.4 Å². The number of ether oxygens (including phenoxy) is 1. The standard InChI is InChI=1S/C23H24F3N5O4/c1-5-35-18-8-13(6-7-17(18)32)20-28-11-16(12(2)29-20)31-21(33)30-14-9-15(23(24,25)26)19(27-10-14)22(3,4)34/h6,8-11,34H,5,7H2,1-4H3,(H2,30,31,33). The van der Waals surface area contributed by atoms with E-state index in [4.69, 9.17) is 4.74 Å². The molecule has 0 bridgehead atoms. The topological polar surface area (TPSA) is 126 Å². The minimum Gasteiger partial charge on any atom is -0.490 e. The van der Waals surface area contributed by atoms with Crippen molar-refractivity contribution in [3.05, 3.63) is 59.1 Å². The number of carbonyl (C=O) groups is 2. The molecule has 1 aliphatic carbocycles. The number of hydrogen-bond donors (Lipinski definition) is 3. The molecule has 1 aliphatic rings. The van der Waals surface area contributed by atoms with Crippen LogP contribution in [-0.2, 0) is 21.3 Å². The molecule has 0 spiro atoms. The van der Waals surface area contributed by atoms with Crippen LogP contribution in [-0.4, -0.2) is 38.5 Å². The fraction of sp³-hybridized carbons (Fsp3) is 0.348. The first kappa shape index (κ1) is 25.8. The zero-order chi connectivity index (χ0) is 26.0. The third-order valence-electron chi connectivity index (χ3n) is 4.88. The van der Waals surface area contributed by atoms with Crippen LogP contribution in [0.1, 0.15) is 50.0 Å². The summed E-state index contributed by atoms with van der Waals surface area (Å²) in [6.07, 6.45) is 0.944. The van der Waals surface area contributed by atoms with Crippen LogP contribution in [0, 0.1) is 6.92 Å². The van der Waals surface area contributed by atoms with Gasteiger partial charge in [0, 0.05) is 12.0 Å². The molecule has 0 fully saturated rings. The number of ketones is 1. The Balaban J connectivity index is 1.76. The Kier molecular flexibility index (Phi) is 7.25. The summed E-state index contributed by atoms with van der Waals surface area (Å²) in [7, 11) is 0. The Morgan fingerprint density at radius 2 is 1.91 bits per heavy atom. The Hall–Kier alpha value is -3.80. The highest BCUT2D eigenvalue weighted by molar-refractivity contribution is 6.01. The number of allylic oxidation sites excluding steroid dienone is 4. The van der Waals surface area contributed by atoms with E-state index in [9.17, 15) is 27.9 Å². The average Bonchev–Trinajstić information content (AvgIpc) is 2.75. The van der Waals surface area contributed by atoms with Gasteiger partial charge in [-0.3, -0.25) is 9.78 Å². The summed E-state index contributed by atoms with van der Waals surface area (Å²) in [6, 6.07) is -0.137. The molecular formula is C23H24F3N5O4. The first-order valence-electron chi connectivity index (χ1n) is 10.6. The van der Waals surface area contributed by atoms with Gasteiger partial charge in [0.1, 0.15) is 5.60 Å². The highest BCUT2D eigenvalue weighted by atomic mass is 19.4. The largest absolute Gasteiger partial charge is 0.490 e. The van der Waals surface area contributed by atoms with E-state index < -0.39 is 29.1 Å². The van der Waals surface area contributed by atoms with Crippen molar-refractivity contribution >= 4 is 28.8 Å². The SMILES string of the molecule is CCOC1=CC(c2ncc(NC(=O)Nc3cnc(C(C)(C)O)c(C(F)(F)F)c3)c(C)n2)=CCC1=O. The molecule has 9 nitrogen and oxygen atoms in total. The molecular weight excluding hydrogens is 467 g/mol. The number of hydrogen-bond acceptors (Lipinski definition) is 7. The summed E-state index contributed by atoms with van der Waals surface area (Å²) in [4.78, 5) is 36.5. The summed E-state index contributed by atoms with van der Waals surface area (Å²) < 4.78 is 45.7. The zero-order valence-corrected chi connectivity index (χ0v) is 19.4. The molecule has 0 saturated heterocycles. The Bertz CT molecular complexity index is 1220. The molecule has 0 unspecified atom stereocenters. The molecule has 0 saturated carbocycles. The summed E-state index contributed by atoms with van der Waals surface area (Å²) in [5, 5.41) is 14.8. The van der Waals surface area contributed by atoms with Crippen molar-refractivity contribution in [2.24, 2.45) is 0 Å². The number of rotatable bonds is 6. The maximum atomic E-state index is 13.4. The van der Waals surface area contributed by atoms with Crippen molar-refractivity contribution in [3.63, 3.8) is 0 Å². The van der Waals surface area contributed by atoms with Crippen molar-refractivity contribution in [1.82, 2.24) is 15.0 Å². The first-order chi connectivity index (χ1) is 16.3. The molecule has 186 valence electrons. The van der Waals surface area contributed by atoms with Gasteiger partial charge in [0.2, 0.25) is 5.78 Å². The lowest BCUT2D eigenvalue weighted by molar-refractivity contribution is -0.140. The van der Waals surface area contributed by atoms with Crippen molar-refractivity contribution in [2.75, 3.05) is 17.2 Å². The van der Waals surface area contributed by atoms with Gasteiger partial charge in [0.05, 0.1) is 47.3 Å². The fourth-order valence-electron chi connectivity index (χ4n) is 3.27. The van der Waals surface area contributed by atoms with Gasteiger partial charge in [-0.15, -0.1) is 0 Å². The van der Waals surface area contributed by atoms with Crippen LogP contribution in [0.25, 0.3) is 5.57 Å². The molecule has 2 amide bonds. The van der Waals surface area contributed by atoms with Gasteiger partial charge >= 0.3 is 12.2 Å². The maximum Gasteiger partial charge on any atom is 0.418 e. The number of Topliss-reactive ketones (excluding diaryl/α,β-unsaturated/α-hetero) is 1. The fourth-order valence-corrected chi connectivity index (χ4v) is 3.27. The van der Waals surface area contributed by atoms with Crippen LogP contribution in [0.2, 0.25) is 0 Å². The molecule has 2 aromatic rings. The molecule has 3 rings (SSSR count). The second kappa shape index (κ2) is 9.82. The monoisotopic (exact) mass is 491 g/mol. The normalized spacial score (nSPS) is 14.2. The number of anilines is 2. The Morgan fingerprint density at radius 1 is 1.20 bits per heavy atom. The van der Waals surface area contributed by atoms with Crippen molar-refractivity contribution < 1.29 is 32.6 Å². The smallest absolute Gasteiger partial charge is 0.418 e. The molecule has 2 aromatic heterocycles. The number of amides is 2. The van der Waals surface area contributed by atoms with Gasteiger partial charge in [-0.25, -0.2) is 14.8 Å². The molecule has 0 aliphatic heterocycles. The minimum atomic E-state index is -4.79. The number of nitrogens with one attached hydrogen (secondary N) is 2. The van der Waals surface area contributed by atoms with Crippen molar-refractivity contribution in [2.45, 2.75) is 45.9 Å². The number of urea groups is 1. The van der Waals surface area contributed by atoms with Gasteiger partial charge in [-0.05, 0) is 39.8 Å². The van der Waals surface area contributed by atoms with Gasteiger partial charge in [-0.1, -0.05) is 6.08 Å². The van der Waals surface area contributed by atoms with E-state index in [1.54, 1.807) is 26.0 Å². The highest BCUT2D eigenvalue weighted by Crippen LogP contribution is 2.36. The van der Waals surface area contributed by atoms with E-state index in [1.807, 2.05) is 0 Å². The number of carbonyl (C=O) groups excluding carboxylic acids is 2. The molecule has 0 atom stereocenters. The van der Waals surface area contributed by atoms with Crippen molar-refractivity contribution in [1.29, 1.82) is 0 Å². The second-order valence-corrected chi connectivity index (χ2v) is 8.18. The lowest BCUT2D eigenvalue weighted by Crippen LogP contribution is -2.25. The molecule has 0 radical (unpaired) electrons. The Morgan fingerprint density at radius 3 is 2.51 bits per heavy atom. The molecule has 3 N–H and O–H groups in total. The lowest BCUT2D eigenvalue weighted by atomic mass is 9.98. The number of halogens is 3. The highest BCUT2D eigenvalue weighted by Gasteiger charge is 2.38. The summed E-state index contributed by atoms with van der Waals surface area (Å²) in [5.74, 6) is 0.385. The van der Waals surface area contributed by atoms with Gasteiger partial charge in [0.15, 0.2) is 11.6 Å². The predicted molar refractivity (Wildman–Crippen MR) is 121 cm³/mol. The Labute approximate surface area is 199 Å². The van der Waals surface area contributed by atoms with E-state index in [2.05, 4.69) is 25.6 Å². The zero-order valence-electron chi connectivity index (χ0n) is 19.4. The van der Waals surface area contributed by atoms with Crippen LogP contribution < -0.4 is 10.6 Å².